The molecule has 1 aromatic heterocycles. The van der Waals surface area contributed by atoms with Crippen LogP contribution in [-0.4, -0.2) is 16.8 Å². The predicted octanol–water partition coefficient (Wildman–Crippen LogP) is 5.50. The second-order valence-electron chi connectivity index (χ2n) is 7.42. The fourth-order valence-electron chi connectivity index (χ4n) is 3.64. The summed E-state index contributed by atoms with van der Waals surface area (Å²) in [6, 6.07) is 26.1. The minimum Gasteiger partial charge on any atom is -0.362 e. The van der Waals surface area contributed by atoms with Gasteiger partial charge < -0.3 is 20.9 Å². The number of aromatic nitrogens is 1. The molecule has 2 amide bonds. The largest absolute Gasteiger partial charge is 0.362 e. The number of aromatic amines is 1. The molecule has 6 nitrogen and oxygen atoms in total. The van der Waals surface area contributed by atoms with E-state index in [2.05, 4.69) is 20.9 Å². The fraction of sp³-hybridized carbons (Fsp3) is 0. The zero-order valence-electron chi connectivity index (χ0n) is 17.1. The van der Waals surface area contributed by atoms with Gasteiger partial charge in [-0.05, 0) is 60.7 Å². The van der Waals surface area contributed by atoms with Crippen molar-refractivity contribution in [2.45, 2.75) is 0 Å². The van der Waals surface area contributed by atoms with Crippen molar-refractivity contribution in [3.8, 4) is 0 Å². The Bertz CT molecular complexity index is 1330. The van der Waals surface area contributed by atoms with Gasteiger partial charge in [-0.1, -0.05) is 30.3 Å². The number of hydrogen-bond donors (Lipinski definition) is 4. The summed E-state index contributed by atoms with van der Waals surface area (Å²) in [5.74, 6) is -0.290. The van der Waals surface area contributed by atoms with Crippen molar-refractivity contribution in [3.63, 3.8) is 0 Å². The SMILES string of the molecule is O=C1Nc2cc(Nc3cccc(NC(=O)c4ccccc4)c3)ccc2/C1=C/c1ccc[nH]1. The maximum atomic E-state index is 12.4. The van der Waals surface area contributed by atoms with Crippen molar-refractivity contribution < 1.29 is 9.59 Å². The molecule has 0 atom stereocenters. The van der Waals surface area contributed by atoms with Gasteiger partial charge in [-0.2, -0.15) is 0 Å². The molecule has 0 unspecified atom stereocenters. The van der Waals surface area contributed by atoms with E-state index in [0.29, 0.717) is 16.8 Å². The highest BCUT2D eigenvalue weighted by Gasteiger charge is 2.24. The lowest BCUT2D eigenvalue weighted by Crippen LogP contribution is -2.11. The molecule has 0 fully saturated rings. The van der Waals surface area contributed by atoms with Crippen LogP contribution in [0.5, 0.6) is 0 Å². The number of nitrogens with one attached hydrogen (secondary N) is 4. The van der Waals surface area contributed by atoms with Crippen LogP contribution in [0.15, 0.2) is 91.1 Å². The summed E-state index contributed by atoms with van der Waals surface area (Å²) in [4.78, 5) is 27.9. The smallest absolute Gasteiger partial charge is 0.256 e. The van der Waals surface area contributed by atoms with E-state index < -0.39 is 0 Å². The van der Waals surface area contributed by atoms with Crippen molar-refractivity contribution in [3.05, 3.63) is 108 Å². The molecular formula is C26H20N4O2. The normalized spacial score (nSPS) is 13.5. The van der Waals surface area contributed by atoms with Crippen LogP contribution >= 0.6 is 0 Å². The van der Waals surface area contributed by atoms with E-state index in [4.69, 9.17) is 0 Å². The van der Waals surface area contributed by atoms with Crippen molar-refractivity contribution in [2.24, 2.45) is 0 Å². The predicted molar refractivity (Wildman–Crippen MR) is 128 cm³/mol. The lowest BCUT2D eigenvalue weighted by molar-refractivity contribution is -0.110. The Balaban J connectivity index is 1.33. The third-order valence-corrected chi connectivity index (χ3v) is 5.17. The molecule has 4 N–H and O–H groups in total. The quantitative estimate of drug-likeness (QED) is 0.322. The Labute approximate surface area is 185 Å². The first-order chi connectivity index (χ1) is 15.7. The monoisotopic (exact) mass is 420 g/mol. The highest BCUT2D eigenvalue weighted by molar-refractivity contribution is 6.35. The molecule has 156 valence electrons. The third-order valence-electron chi connectivity index (χ3n) is 5.17. The number of amides is 2. The summed E-state index contributed by atoms with van der Waals surface area (Å²) in [5, 5.41) is 9.17. The summed E-state index contributed by atoms with van der Waals surface area (Å²) in [6.07, 6.45) is 3.66. The molecule has 1 aliphatic rings. The molecule has 3 aromatic carbocycles. The first-order valence-corrected chi connectivity index (χ1v) is 10.2. The Kier molecular flexibility index (Phi) is 5.01. The molecule has 4 aromatic rings. The van der Waals surface area contributed by atoms with Crippen LogP contribution in [0.3, 0.4) is 0 Å². The van der Waals surface area contributed by atoms with Crippen molar-refractivity contribution in [2.75, 3.05) is 16.0 Å². The number of benzene rings is 3. The van der Waals surface area contributed by atoms with E-state index in [1.165, 1.54) is 0 Å². The lowest BCUT2D eigenvalue weighted by atomic mass is 10.1. The van der Waals surface area contributed by atoms with Gasteiger partial charge in [0.25, 0.3) is 11.8 Å². The van der Waals surface area contributed by atoms with Gasteiger partial charge in [-0.15, -0.1) is 0 Å². The van der Waals surface area contributed by atoms with Gasteiger partial charge in [0.15, 0.2) is 0 Å². The number of H-pyrrole nitrogens is 1. The number of carbonyl (C=O) groups is 2. The van der Waals surface area contributed by atoms with Gasteiger partial charge in [0.05, 0.1) is 11.3 Å². The Hall–Kier alpha value is -4.58. The maximum absolute atomic E-state index is 12.4. The van der Waals surface area contributed by atoms with Crippen LogP contribution in [0.1, 0.15) is 21.6 Å². The number of carbonyl (C=O) groups excluding carboxylic acids is 2. The molecule has 0 saturated heterocycles. The Morgan fingerprint density at radius 2 is 1.62 bits per heavy atom. The molecule has 0 bridgehead atoms. The summed E-state index contributed by atoms with van der Waals surface area (Å²) < 4.78 is 0. The second-order valence-corrected chi connectivity index (χ2v) is 7.42. The summed E-state index contributed by atoms with van der Waals surface area (Å²) in [5.41, 5.74) is 6.06. The van der Waals surface area contributed by atoms with E-state index in [1.54, 1.807) is 12.1 Å². The molecule has 6 heteroatoms. The molecule has 5 rings (SSSR count). The first-order valence-electron chi connectivity index (χ1n) is 10.2. The van der Waals surface area contributed by atoms with Crippen molar-refractivity contribution >= 4 is 46.2 Å². The van der Waals surface area contributed by atoms with Crippen LogP contribution in [-0.2, 0) is 4.79 Å². The number of rotatable bonds is 5. The highest BCUT2D eigenvalue weighted by Crippen LogP contribution is 2.35. The van der Waals surface area contributed by atoms with Gasteiger partial charge >= 0.3 is 0 Å². The van der Waals surface area contributed by atoms with Gasteiger partial charge in [0.1, 0.15) is 0 Å². The van der Waals surface area contributed by atoms with Gasteiger partial charge in [0.2, 0.25) is 0 Å². The van der Waals surface area contributed by atoms with Gasteiger partial charge in [-0.25, -0.2) is 0 Å². The fourth-order valence-corrected chi connectivity index (χ4v) is 3.64. The van der Waals surface area contributed by atoms with Crippen LogP contribution < -0.4 is 16.0 Å². The molecule has 0 aliphatic carbocycles. The molecule has 0 spiro atoms. The third kappa shape index (κ3) is 4.02. The van der Waals surface area contributed by atoms with Crippen LogP contribution in [0, 0.1) is 0 Å². The molecule has 32 heavy (non-hydrogen) atoms. The topological polar surface area (TPSA) is 86.0 Å². The van der Waals surface area contributed by atoms with Crippen LogP contribution in [0.25, 0.3) is 11.6 Å². The van der Waals surface area contributed by atoms with Crippen molar-refractivity contribution in [1.29, 1.82) is 0 Å². The van der Waals surface area contributed by atoms with E-state index >= 15 is 0 Å². The van der Waals surface area contributed by atoms with Gasteiger partial charge in [0, 0.05) is 40.1 Å². The molecule has 0 radical (unpaired) electrons. The highest BCUT2D eigenvalue weighted by atomic mass is 16.2. The average molecular weight is 420 g/mol. The van der Waals surface area contributed by atoms with E-state index in [1.807, 2.05) is 85.1 Å². The summed E-state index contributed by atoms with van der Waals surface area (Å²) in [6.45, 7) is 0. The van der Waals surface area contributed by atoms with E-state index in [9.17, 15) is 9.59 Å². The zero-order chi connectivity index (χ0) is 21.9. The van der Waals surface area contributed by atoms with E-state index in [0.717, 1.165) is 28.3 Å². The zero-order valence-corrected chi connectivity index (χ0v) is 17.1. The minimum absolute atomic E-state index is 0.127. The first kappa shape index (κ1) is 19.4. The summed E-state index contributed by atoms with van der Waals surface area (Å²) >= 11 is 0. The van der Waals surface area contributed by atoms with Crippen LogP contribution in [0.2, 0.25) is 0 Å². The Morgan fingerprint density at radius 3 is 2.44 bits per heavy atom. The summed E-state index contributed by atoms with van der Waals surface area (Å²) in [7, 11) is 0. The number of fused-ring (bicyclic) bond motifs is 1. The number of anilines is 4. The lowest BCUT2D eigenvalue weighted by Gasteiger charge is -2.11. The van der Waals surface area contributed by atoms with Crippen molar-refractivity contribution in [1.82, 2.24) is 4.98 Å². The maximum Gasteiger partial charge on any atom is 0.256 e. The molecule has 1 aliphatic heterocycles. The van der Waals surface area contributed by atoms with E-state index in [-0.39, 0.29) is 11.8 Å². The Morgan fingerprint density at radius 1 is 0.812 bits per heavy atom. The number of hydrogen-bond acceptors (Lipinski definition) is 3. The minimum atomic E-state index is -0.163. The van der Waals surface area contributed by atoms with Gasteiger partial charge in [-0.3, -0.25) is 9.59 Å². The second kappa shape index (κ2) is 8.28. The average Bonchev–Trinajstić information content (AvgIpc) is 3.42. The molecule has 2 heterocycles. The molecule has 0 saturated carbocycles. The molecular weight excluding hydrogens is 400 g/mol. The standard InChI is InChI=1S/C26H20N4O2/c31-25(17-6-2-1-3-7-17)29-20-9-4-8-19(14-20)28-21-11-12-22-23(15-18-10-5-13-27-18)26(32)30-24(22)16-21/h1-16,27-28H,(H,29,31)(H,30,32)/b23-15-. The van der Waals surface area contributed by atoms with Crippen LogP contribution in [0.4, 0.5) is 22.7 Å².